The maximum Gasteiger partial charge on any atom is 0.407 e. The molecule has 0 saturated heterocycles. The highest BCUT2D eigenvalue weighted by Crippen LogP contribution is 2.44. The van der Waals surface area contributed by atoms with Crippen LogP contribution in [0.5, 0.6) is 0 Å². The molecule has 3 atom stereocenters. The minimum absolute atomic E-state index is 0.00540. The molecule has 7 nitrogen and oxygen atoms in total. The van der Waals surface area contributed by atoms with E-state index in [1.54, 1.807) is 0 Å². The predicted molar refractivity (Wildman–Crippen MR) is 128 cm³/mol. The molecule has 1 fully saturated rings. The first-order chi connectivity index (χ1) is 16.3. The lowest BCUT2D eigenvalue weighted by molar-refractivity contribution is -0.142. The van der Waals surface area contributed by atoms with Crippen molar-refractivity contribution in [1.29, 1.82) is 0 Å². The Kier molecular flexibility index (Phi) is 7.20. The first kappa shape index (κ1) is 23.8. The number of fused-ring (bicyclic) bond motifs is 3. The van der Waals surface area contributed by atoms with Gasteiger partial charge in [-0.1, -0.05) is 62.4 Å². The normalized spacial score (nSPS) is 19.9. The van der Waals surface area contributed by atoms with Gasteiger partial charge in [-0.05, 0) is 53.9 Å². The van der Waals surface area contributed by atoms with Gasteiger partial charge in [0.25, 0.3) is 0 Å². The number of rotatable bonds is 8. The highest BCUT2D eigenvalue weighted by Gasteiger charge is 2.34. The molecule has 0 spiro atoms. The zero-order valence-electron chi connectivity index (χ0n) is 19.6. The Morgan fingerprint density at radius 1 is 1.00 bits per heavy atom. The molecule has 0 unspecified atom stereocenters. The van der Waals surface area contributed by atoms with E-state index in [0.717, 1.165) is 11.1 Å². The average molecular weight is 465 g/mol. The summed E-state index contributed by atoms with van der Waals surface area (Å²) in [6.45, 7) is 4.09. The van der Waals surface area contributed by atoms with E-state index in [1.165, 1.54) is 11.1 Å². The fourth-order valence-corrected chi connectivity index (χ4v) is 5.14. The first-order valence-corrected chi connectivity index (χ1v) is 12.0. The van der Waals surface area contributed by atoms with Gasteiger partial charge in [-0.3, -0.25) is 4.79 Å². The lowest BCUT2D eigenvalue weighted by atomic mass is 9.98. The van der Waals surface area contributed by atoms with Gasteiger partial charge in [0.05, 0.1) is 0 Å². The number of hydrogen-bond donors (Lipinski definition) is 3. The topological polar surface area (TPSA) is 105 Å². The average Bonchev–Trinajstić information content (AvgIpc) is 3.39. The molecule has 1 saturated carbocycles. The molecule has 180 valence electrons. The maximum absolute atomic E-state index is 12.6. The SMILES string of the molecule is CC(C)C[C@H](NC(=O)[C@H]1CC[C@@H](NC(=O)OCC2c3ccccc3-c3ccccc32)C1)C(=O)O. The maximum atomic E-state index is 12.6. The summed E-state index contributed by atoms with van der Waals surface area (Å²) in [5.41, 5.74) is 4.66. The zero-order valence-corrected chi connectivity index (χ0v) is 19.6. The molecule has 2 aliphatic rings. The molecule has 3 N–H and O–H groups in total. The molecule has 0 heterocycles. The fraction of sp³-hybridized carbons (Fsp3) is 0.444. The highest BCUT2D eigenvalue weighted by atomic mass is 16.5. The van der Waals surface area contributed by atoms with Gasteiger partial charge < -0.3 is 20.5 Å². The summed E-state index contributed by atoms with van der Waals surface area (Å²) in [5, 5.41) is 14.9. The number of aliphatic carboxylic acids is 1. The number of ether oxygens (including phenoxy) is 1. The van der Waals surface area contributed by atoms with Crippen LogP contribution in [0.4, 0.5) is 4.79 Å². The van der Waals surface area contributed by atoms with Crippen molar-refractivity contribution in [2.75, 3.05) is 6.61 Å². The Morgan fingerprint density at radius 2 is 1.62 bits per heavy atom. The minimum Gasteiger partial charge on any atom is -0.480 e. The molecular formula is C27H32N2O5. The second-order valence-electron chi connectivity index (χ2n) is 9.71. The van der Waals surface area contributed by atoms with E-state index in [-0.39, 0.29) is 36.3 Å². The number of hydrogen-bond acceptors (Lipinski definition) is 4. The third-order valence-corrected chi connectivity index (χ3v) is 6.79. The molecule has 0 bridgehead atoms. The molecule has 4 rings (SSSR count). The van der Waals surface area contributed by atoms with Gasteiger partial charge in [0.15, 0.2) is 0 Å². The summed E-state index contributed by atoms with van der Waals surface area (Å²) < 4.78 is 5.61. The first-order valence-electron chi connectivity index (χ1n) is 12.0. The van der Waals surface area contributed by atoms with Crippen molar-refractivity contribution in [2.24, 2.45) is 11.8 Å². The minimum atomic E-state index is -1.02. The van der Waals surface area contributed by atoms with Crippen molar-refractivity contribution in [3.05, 3.63) is 59.7 Å². The molecule has 0 aromatic heterocycles. The molecule has 0 radical (unpaired) electrons. The number of carboxylic acids is 1. The van der Waals surface area contributed by atoms with Crippen LogP contribution in [0.2, 0.25) is 0 Å². The van der Waals surface area contributed by atoms with Crippen molar-refractivity contribution in [3.63, 3.8) is 0 Å². The largest absolute Gasteiger partial charge is 0.480 e. The van der Waals surface area contributed by atoms with Crippen LogP contribution in [0.15, 0.2) is 48.5 Å². The molecule has 2 aliphatic carbocycles. The van der Waals surface area contributed by atoms with Crippen molar-refractivity contribution < 1.29 is 24.2 Å². The zero-order chi connectivity index (χ0) is 24.2. The van der Waals surface area contributed by atoms with Crippen LogP contribution in [-0.2, 0) is 14.3 Å². The third-order valence-electron chi connectivity index (χ3n) is 6.79. The molecule has 2 aromatic carbocycles. The van der Waals surface area contributed by atoms with Crippen LogP contribution in [-0.4, -0.2) is 41.8 Å². The number of carbonyl (C=O) groups is 3. The van der Waals surface area contributed by atoms with E-state index in [0.29, 0.717) is 25.7 Å². The van der Waals surface area contributed by atoms with Crippen LogP contribution in [0.3, 0.4) is 0 Å². The number of carboxylic acid groups (broad SMARTS) is 1. The Morgan fingerprint density at radius 3 is 2.21 bits per heavy atom. The number of carbonyl (C=O) groups excluding carboxylic acids is 2. The predicted octanol–water partition coefficient (Wildman–Crippen LogP) is 4.31. The van der Waals surface area contributed by atoms with Gasteiger partial charge in [0.2, 0.25) is 5.91 Å². The van der Waals surface area contributed by atoms with Crippen molar-refractivity contribution >= 4 is 18.0 Å². The van der Waals surface area contributed by atoms with Crippen molar-refractivity contribution in [1.82, 2.24) is 10.6 Å². The van der Waals surface area contributed by atoms with Crippen molar-refractivity contribution in [2.45, 2.75) is 57.5 Å². The van der Waals surface area contributed by atoms with Gasteiger partial charge in [-0.2, -0.15) is 0 Å². The number of alkyl carbamates (subject to hydrolysis) is 1. The fourth-order valence-electron chi connectivity index (χ4n) is 5.14. The van der Waals surface area contributed by atoms with Crippen LogP contribution in [0, 0.1) is 11.8 Å². The standard InChI is InChI=1S/C27H32N2O5/c1-16(2)13-24(26(31)32)29-25(30)17-11-12-18(14-17)28-27(33)34-15-23-21-9-5-3-7-19(21)20-8-4-6-10-22(20)23/h3-10,16-18,23-24H,11-15H2,1-2H3,(H,28,33)(H,29,30)(H,31,32)/t17-,18+,24-/m0/s1. The summed E-state index contributed by atoms with van der Waals surface area (Å²) in [6.07, 6.45) is 1.63. The van der Waals surface area contributed by atoms with E-state index >= 15 is 0 Å². The Labute approximate surface area is 199 Å². The Bertz CT molecular complexity index is 1020. The van der Waals surface area contributed by atoms with Crippen molar-refractivity contribution in [3.8, 4) is 11.1 Å². The van der Waals surface area contributed by atoms with Gasteiger partial charge in [0.1, 0.15) is 12.6 Å². The van der Waals surface area contributed by atoms with Crippen LogP contribution in [0.25, 0.3) is 11.1 Å². The summed E-state index contributed by atoms with van der Waals surface area (Å²) in [4.78, 5) is 36.6. The monoisotopic (exact) mass is 464 g/mol. The molecule has 34 heavy (non-hydrogen) atoms. The van der Waals surface area contributed by atoms with E-state index in [1.807, 2.05) is 38.1 Å². The molecule has 2 amide bonds. The van der Waals surface area contributed by atoms with E-state index < -0.39 is 18.1 Å². The second kappa shape index (κ2) is 10.3. The van der Waals surface area contributed by atoms with E-state index in [2.05, 4.69) is 34.9 Å². The van der Waals surface area contributed by atoms with E-state index in [9.17, 15) is 19.5 Å². The smallest absolute Gasteiger partial charge is 0.407 e. The van der Waals surface area contributed by atoms with Crippen LogP contribution in [0.1, 0.15) is 56.6 Å². The summed E-state index contributed by atoms with van der Waals surface area (Å²) >= 11 is 0. The lowest BCUT2D eigenvalue weighted by Crippen LogP contribution is -2.44. The van der Waals surface area contributed by atoms with Gasteiger partial charge >= 0.3 is 12.1 Å². The van der Waals surface area contributed by atoms with Gasteiger partial charge in [0, 0.05) is 17.9 Å². The Hall–Kier alpha value is -3.35. The third kappa shape index (κ3) is 5.24. The number of nitrogens with one attached hydrogen (secondary N) is 2. The number of amides is 2. The second-order valence-corrected chi connectivity index (χ2v) is 9.71. The summed E-state index contributed by atoms with van der Waals surface area (Å²) in [6, 6.07) is 15.3. The van der Waals surface area contributed by atoms with Gasteiger partial charge in [-0.25, -0.2) is 9.59 Å². The molecule has 2 aromatic rings. The molecular weight excluding hydrogens is 432 g/mol. The number of benzene rings is 2. The van der Waals surface area contributed by atoms with E-state index in [4.69, 9.17) is 4.74 Å². The van der Waals surface area contributed by atoms with Crippen LogP contribution < -0.4 is 10.6 Å². The lowest BCUT2D eigenvalue weighted by Gasteiger charge is -2.19. The Balaban J connectivity index is 1.29. The quantitative estimate of drug-likeness (QED) is 0.540. The van der Waals surface area contributed by atoms with Crippen LogP contribution >= 0.6 is 0 Å². The molecule has 0 aliphatic heterocycles. The highest BCUT2D eigenvalue weighted by molar-refractivity contribution is 5.85. The summed E-state index contributed by atoms with van der Waals surface area (Å²) in [5.74, 6) is -1.44. The molecule has 7 heteroatoms. The van der Waals surface area contributed by atoms with Gasteiger partial charge in [-0.15, -0.1) is 0 Å². The summed E-state index contributed by atoms with van der Waals surface area (Å²) in [7, 11) is 0.